The summed E-state index contributed by atoms with van der Waals surface area (Å²) < 4.78 is 45.0. The van der Waals surface area contributed by atoms with Crippen molar-refractivity contribution in [2.75, 3.05) is 71.2 Å². The van der Waals surface area contributed by atoms with Gasteiger partial charge in [-0.2, -0.15) is 0 Å². The van der Waals surface area contributed by atoms with Crippen molar-refractivity contribution in [3.63, 3.8) is 0 Å². The van der Waals surface area contributed by atoms with Gasteiger partial charge in [-0.05, 0) is 78.8 Å². The van der Waals surface area contributed by atoms with Crippen LogP contribution in [0.5, 0.6) is 0 Å². The van der Waals surface area contributed by atoms with Gasteiger partial charge in [0, 0.05) is 5.69 Å². The fourth-order valence-electron chi connectivity index (χ4n) is 6.92. The van der Waals surface area contributed by atoms with Crippen LogP contribution in [0.2, 0.25) is 0 Å². The summed E-state index contributed by atoms with van der Waals surface area (Å²) in [6.45, 7) is 5.71. The molecule has 0 aromatic heterocycles. The molecule has 2 amide bonds. The number of aliphatic hydroxyl groups excluding tert-OH is 1. The van der Waals surface area contributed by atoms with Crippen LogP contribution in [-0.2, 0) is 30.2 Å². The van der Waals surface area contributed by atoms with Crippen LogP contribution in [-0.4, -0.2) is 93.3 Å². The largest absolute Gasteiger partial charge is 0.388 e. The zero-order chi connectivity index (χ0) is 34.4. The second kappa shape index (κ2) is 15.4. The van der Waals surface area contributed by atoms with Crippen LogP contribution in [0.4, 0.5) is 14.5 Å². The van der Waals surface area contributed by atoms with Gasteiger partial charge in [0.25, 0.3) is 0 Å². The maximum atomic E-state index is 13.7. The molecule has 262 valence electrons. The molecule has 0 aliphatic carbocycles. The van der Waals surface area contributed by atoms with Gasteiger partial charge < -0.3 is 34.0 Å². The van der Waals surface area contributed by atoms with E-state index in [1.807, 2.05) is 24.3 Å². The van der Waals surface area contributed by atoms with Gasteiger partial charge in [-0.25, -0.2) is 8.78 Å². The number of hydrogen-bond acceptors (Lipinski definition) is 6. The Bertz CT molecular complexity index is 1560. The Balaban J connectivity index is 1.04. The normalized spacial score (nSPS) is 21.8. The molecular formula is C38H46F2N3O6+. The van der Waals surface area contributed by atoms with Crippen LogP contribution in [0, 0.1) is 17.6 Å². The number of quaternary nitrogens is 1. The lowest BCUT2D eigenvalue weighted by Gasteiger charge is -2.48. The van der Waals surface area contributed by atoms with Gasteiger partial charge in [0.05, 0.1) is 64.6 Å². The van der Waals surface area contributed by atoms with Crippen LogP contribution in [0.15, 0.2) is 72.8 Å². The van der Waals surface area contributed by atoms with Crippen molar-refractivity contribution in [3.8, 4) is 0 Å². The molecule has 3 aromatic rings. The highest BCUT2D eigenvalue weighted by atomic mass is 19.1. The molecule has 3 heterocycles. The first kappa shape index (κ1) is 35.1. The summed E-state index contributed by atoms with van der Waals surface area (Å²) in [5, 5.41) is 13.7. The van der Waals surface area contributed by atoms with Gasteiger partial charge in [-0.3, -0.25) is 9.59 Å². The van der Waals surface area contributed by atoms with Gasteiger partial charge >= 0.3 is 0 Å². The highest BCUT2D eigenvalue weighted by molar-refractivity contribution is 6.03. The van der Waals surface area contributed by atoms with Gasteiger partial charge in [0.15, 0.2) is 0 Å². The van der Waals surface area contributed by atoms with Crippen molar-refractivity contribution in [3.05, 3.63) is 101 Å². The number of benzene rings is 3. The van der Waals surface area contributed by atoms with E-state index in [-0.39, 0.29) is 42.0 Å². The first-order valence-corrected chi connectivity index (χ1v) is 17.1. The number of hydrogen-bond donors (Lipinski definition) is 2. The van der Waals surface area contributed by atoms with Crippen molar-refractivity contribution < 1.29 is 42.2 Å². The average Bonchev–Trinajstić information content (AvgIpc) is 3.08. The van der Waals surface area contributed by atoms with E-state index in [1.54, 1.807) is 29.2 Å². The number of carbonyl (C=O) groups is 2. The molecule has 49 heavy (non-hydrogen) atoms. The van der Waals surface area contributed by atoms with E-state index in [1.165, 1.54) is 24.3 Å². The van der Waals surface area contributed by atoms with Crippen LogP contribution < -0.4 is 10.2 Å². The fraction of sp³-hybridized carbons (Fsp3) is 0.474. The van der Waals surface area contributed by atoms with Gasteiger partial charge in [0.1, 0.15) is 36.9 Å². The Morgan fingerprint density at radius 2 is 1.65 bits per heavy atom. The molecule has 9 nitrogen and oxygen atoms in total. The number of halogens is 2. The number of ether oxygens (including phenoxy) is 3. The molecule has 6 rings (SSSR count). The lowest BCUT2D eigenvalue weighted by Crippen LogP contribution is -2.55. The monoisotopic (exact) mass is 678 g/mol. The Morgan fingerprint density at radius 1 is 1.00 bits per heavy atom. The number of anilines is 1. The molecule has 0 spiro atoms. The predicted molar refractivity (Wildman–Crippen MR) is 180 cm³/mol. The summed E-state index contributed by atoms with van der Waals surface area (Å²) in [6, 6.07) is 19.4. The zero-order valence-electron chi connectivity index (χ0n) is 28.0. The van der Waals surface area contributed by atoms with Crippen molar-refractivity contribution in [1.82, 2.24) is 5.32 Å². The Kier molecular flexibility index (Phi) is 11.1. The van der Waals surface area contributed by atoms with E-state index < -0.39 is 11.7 Å². The second-order valence-electron chi connectivity index (χ2n) is 13.8. The SMILES string of the molecule is C[N+]1(CCNC(=O)COC2(CCc3ccc([C@@H]4[C@@H](CC[C@H](O)c5ccc(F)cc5)C(=O)N4c4ccc(F)cc4)cc3)COC2)CCOCC1. The molecule has 2 N–H and O–H groups in total. The number of nitrogens with one attached hydrogen (secondary N) is 1. The minimum atomic E-state index is -0.827. The summed E-state index contributed by atoms with van der Waals surface area (Å²) in [7, 11) is 2.19. The minimum absolute atomic E-state index is 0.0126. The average molecular weight is 679 g/mol. The van der Waals surface area contributed by atoms with Crippen molar-refractivity contribution >= 4 is 17.5 Å². The summed E-state index contributed by atoms with van der Waals surface area (Å²) in [4.78, 5) is 27.7. The van der Waals surface area contributed by atoms with Crippen LogP contribution in [0.25, 0.3) is 0 Å². The molecule has 0 saturated carbocycles. The maximum Gasteiger partial charge on any atom is 0.246 e. The molecule has 0 radical (unpaired) electrons. The molecule has 0 unspecified atom stereocenters. The van der Waals surface area contributed by atoms with Crippen LogP contribution in [0.3, 0.4) is 0 Å². The molecule has 3 saturated heterocycles. The van der Waals surface area contributed by atoms with E-state index in [9.17, 15) is 23.5 Å². The smallest absolute Gasteiger partial charge is 0.246 e. The van der Waals surface area contributed by atoms with Gasteiger partial charge in [-0.1, -0.05) is 36.4 Å². The molecule has 3 fully saturated rings. The molecule has 3 aromatic carbocycles. The number of morpholine rings is 1. The van der Waals surface area contributed by atoms with E-state index >= 15 is 0 Å². The Hall–Kier alpha value is -3.74. The summed E-state index contributed by atoms with van der Waals surface area (Å²) in [6.07, 6.45) is 1.36. The third kappa shape index (κ3) is 8.53. The van der Waals surface area contributed by atoms with Crippen LogP contribution >= 0.6 is 0 Å². The van der Waals surface area contributed by atoms with E-state index in [4.69, 9.17) is 14.2 Å². The quantitative estimate of drug-likeness (QED) is 0.182. The minimum Gasteiger partial charge on any atom is -0.388 e. The highest BCUT2D eigenvalue weighted by Gasteiger charge is 2.48. The topological polar surface area (TPSA) is 97.3 Å². The number of amides is 2. The maximum absolute atomic E-state index is 13.7. The Labute approximate surface area is 286 Å². The summed E-state index contributed by atoms with van der Waals surface area (Å²) in [5.41, 5.74) is 2.74. The number of β-lactam (4-membered cyclic amide) rings is 1. The number of likely N-dealkylation sites (N-methyl/N-ethyl adjacent to an activating group) is 1. The summed E-state index contributed by atoms with van der Waals surface area (Å²) in [5.74, 6) is -1.34. The molecule has 3 aliphatic rings. The van der Waals surface area contributed by atoms with Gasteiger partial charge in [-0.15, -0.1) is 0 Å². The number of nitrogens with zero attached hydrogens (tertiary/aromatic N) is 2. The lowest BCUT2D eigenvalue weighted by atomic mass is 9.78. The van der Waals surface area contributed by atoms with Crippen molar-refractivity contribution in [2.24, 2.45) is 5.92 Å². The first-order chi connectivity index (χ1) is 23.6. The van der Waals surface area contributed by atoms with E-state index in [2.05, 4.69) is 12.4 Å². The third-order valence-corrected chi connectivity index (χ3v) is 10.3. The zero-order valence-corrected chi connectivity index (χ0v) is 28.0. The number of aryl methyl sites for hydroxylation is 1. The third-order valence-electron chi connectivity index (χ3n) is 10.3. The van der Waals surface area contributed by atoms with Crippen LogP contribution in [0.1, 0.15) is 48.1 Å². The highest BCUT2D eigenvalue weighted by Crippen LogP contribution is 2.46. The number of rotatable bonds is 15. The predicted octanol–water partition coefficient (Wildman–Crippen LogP) is 4.49. The summed E-state index contributed by atoms with van der Waals surface area (Å²) >= 11 is 0. The molecular weight excluding hydrogens is 632 g/mol. The Morgan fingerprint density at radius 3 is 2.29 bits per heavy atom. The standard InChI is InChI=1S/C38H45F2N3O6/c1-43(20-22-47-23-21-43)19-18-41-35(45)24-49-38(25-48-26-38)17-16-27-2-4-29(5-3-27)36-33(14-15-34(44)28-6-8-30(39)9-7-28)37(46)42(36)32-12-10-31(40)11-13-32/h2-13,33-34,36,44H,14-26H2,1H3/p+1/t33-,34+,36-/m1/s1. The first-order valence-electron chi connectivity index (χ1n) is 17.1. The fourth-order valence-corrected chi connectivity index (χ4v) is 6.92. The molecule has 0 bridgehead atoms. The number of aliphatic hydroxyl groups is 1. The second-order valence-corrected chi connectivity index (χ2v) is 13.8. The van der Waals surface area contributed by atoms with Crippen molar-refractivity contribution in [1.29, 1.82) is 0 Å². The van der Waals surface area contributed by atoms with Gasteiger partial charge in [0.2, 0.25) is 11.8 Å². The van der Waals surface area contributed by atoms with Crippen molar-refractivity contribution in [2.45, 2.75) is 43.4 Å². The number of carbonyl (C=O) groups excluding carboxylic acids is 2. The van der Waals surface area contributed by atoms with E-state index in [0.29, 0.717) is 50.3 Å². The molecule has 11 heteroatoms. The van der Waals surface area contributed by atoms with E-state index in [0.717, 1.165) is 54.9 Å². The molecule has 3 aliphatic heterocycles. The molecule has 3 atom stereocenters. The lowest BCUT2D eigenvalue weighted by molar-refractivity contribution is -0.915.